The number of amides is 1. The van der Waals surface area contributed by atoms with Crippen LogP contribution in [0, 0.1) is 17.0 Å². The molecule has 0 aromatic heterocycles. The Morgan fingerprint density at radius 1 is 1.39 bits per heavy atom. The maximum atomic E-state index is 13.1. The summed E-state index contributed by atoms with van der Waals surface area (Å²) in [5, 5.41) is 20.7. The number of hydrogen-bond acceptors (Lipinski definition) is 5. The Morgan fingerprint density at radius 3 is 2.52 bits per heavy atom. The summed E-state index contributed by atoms with van der Waals surface area (Å²) in [5.41, 5.74) is -2.02. The number of allylic oxidation sites excluding steroid dienone is 1. The van der Waals surface area contributed by atoms with E-state index in [1.54, 1.807) is 0 Å². The molecule has 7 nitrogen and oxygen atoms in total. The maximum Gasteiger partial charge on any atom is 0.442 e. The Kier molecular flexibility index (Phi) is 3.81. The number of hydrogen-bond donors (Lipinski definition) is 2. The van der Waals surface area contributed by atoms with E-state index in [1.165, 1.54) is 19.9 Å². The van der Waals surface area contributed by atoms with Gasteiger partial charge in [0.1, 0.15) is 0 Å². The fourth-order valence-electron chi connectivity index (χ4n) is 2.14. The summed E-state index contributed by atoms with van der Waals surface area (Å²) in [6, 6.07) is 3.26. The number of carbonyl (C=O) groups is 1. The second-order valence-corrected chi connectivity index (χ2v) is 5.06. The maximum absolute atomic E-state index is 13.1. The lowest BCUT2D eigenvalue weighted by Gasteiger charge is -2.33. The van der Waals surface area contributed by atoms with Gasteiger partial charge in [0.05, 0.1) is 4.92 Å². The predicted molar refractivity (Wildman–Crippen MR) is 71.9 cm³/mol. The molecule has 23 heavy (non-hydrogen) atoms. The largest absolute Gasteiger partial charge is 0.442 e. The monoisotopic (exact) mass is 331 g/mol. The number of nitro groups is 1. The van der Waals surface area contributed by atoms with Crippen molar-refractivity contribution < 1.29 is 28.0 Å². The van der Waals surface area contributed by atoms with Crippen molar-refractivity contribution in [2.24, 2.45) is 0 Å². The van der Waals surface area contributed by atoms with Crippen LogP contribution >= 0.6 is 0 Å². The van der Waals surface area contributed by atoms with Crippen LogP contribution in [0.2, 0.25) is 0 Å². The second kappa shape index (κ2) is 5.23. The quantitative estimate of drug-likeness (QED) is 0.638. The van der Waals surface area contributed by atoms with Crippen molar-refractivity contribution in [2.45, 2.75) is 25.7 Å². The molecular weight excluding hydrogens is 319 g/mol. The highest BCUT2D eigenvalue weighted by Gasteiger charge is 2.61. The van der Waals surface area contributed by atoms with Crippen LogP contribution in [0.15, 0.2) is 30.0 Å². The van der Waals surface area contributed by atoms with Gasteiger partial charge in [-0.1, -0.05) is 6.07 Å². The van der Waals surface area contributed by atoms with Crippen molar-refractivity contribution in [3.8, 4) is 0 Å². The average Bonchev–Trinajstić information content (AvgIpc) is 2.74. The van der Waals surface area contributed by atoms with Gasteiger partial charge >= 0.3 is 6.18 Å². The molecule has 0 radical (unpaired) electrons. The molecule has 2 rings (SSSR count). The molecule has 0 saturated carbocycles. The highest BCUT2D eigenvalue weighted by atomic mass is 19.4. The minimum absolute atomic E-state index is 0.00325. The van der Waals surface area contributed by atoms with Crippen LogP contribution in [0.3, 0.4) is 0 Å². The van der Waals surface area contributed by atoms with Gasteiger partial charge in [-0.15, -0.1) is 0 Å². The Balaban J connectivity index is 2.45. The molecular formula is C13H12F3N3O4. The van der Waals surface area contributed by atoms with Crippen molar-refractivity contribution in [3.05, 3.63) is 51.2 Å². The lowest BCUT2D eigenvalue weighted by Crippen LogP contribution is -2.60. The van der Waals surface area contributed by atoms with Gasteiger partial charge in [0, 0.05) is 22.9 Å². The number of nitrogens with zero attached hydrogens (tertiary/aromatic N) is 2. The number of halogens is 3. The van der Waals surface area contributed by atoms with Crippen molar-refractivity contribution in [1.29, 1.82) is 0 Å². The minimum Gasteiger partial charge on any atom is -0.359 e. The van der Waals surface area contributed by atoms with E-state index in [9.17, 15) is 33.2 Å². The van der Waals surface area contributed by atoms with Crippen molar-refractivity contribution in [3.63, 3.8) is 0 Å². The smallest absolute Gasteiger partial charge is 0.359 e. The first-order valence-corrected chi connectivity index (χ1v) is 6.32. The minimum atomic E-state index is -5.15. The van der Waals surface area contributed by atoms with E-state index in [2.05, 4.69) is 5.43 Å². The van der Waals surface area contributed by atoms with Gasteiger partial charge in [-0.2, -0.15) is 13.2 Å². The third-order valence-corrected chi connectivity index (χ3v) is 3.32. The topological polar surface area (TPSA) is 95.7 Å². The summed E-state index contributed by atoms with van der Waals surface area (Å²) >= 11 is 0. The second-order valence-electron chi connectivity index (χ2n) is 5.06. The zero-order valence-electron chi connectivity index (χ0n) is 12.0. The van der Waals surface area contributed by atoms with Crippen molar-refractivity contribution in [1.82, 2.24) is 10.4 Å². The summed E-state index contributed by atoms with van der Waals surface area (Å²) in [6.07, 6.45) is -4.70. The fraction of sp³-hybridized carbons (Fsp3) is 0.308. The SMILES string of the molecule is CC1=CC(O)(C(F)(F)F)N(C(=O)c2ccc(C)c([N+](=O)[O-])c2)N1. The zero-order chi connectivity index (χ0) is 17.6. The van der Waals surface area contributed by atoms with Gasteiger partial charge in [-0.3, -0.25) is 20.3 Å². The normalized spacial score (nSPS) is 21.0. The van der Waals surface area contributed by atoms with E-state index in [0.29, 0.717) is 6.08 Å². The van der Waals surface area contributed by atoms with Crippen LogP contribution in [0.4, 0.5) is 18.9 Å². The van der Waals surface area contributed by atoms with E-state index < -0.39 is 28.4 Å². The molecule has 1 aromatic carbocycles. The van der Waals surface area contributed by atoms with Crippen molar-refractivity contribution >= 4 is 11.6 Å². The molecule has 0 saturated heterocycles. The van der Waals surface area contributed by atoms with Gasteiger partial charge in [-0.05, 0) is 26.0 Å². The molecule has 0 fully saturated rings. The van der Waals surface area contributed by atoms with E-state index >= 15 is 0 Å². The van der Waals surface area contributed by atoms with Gasteiger partial charge in [0.2, 0.25) is 0 Å². The van der Waals surface area contributed by atoms with Gasteiger partial charge < -0.3 is 5.11 Å². The Hall–Kier alpha value is -2.62. The highest BCUT2D eigenvalue weighted by Crippen LogP contribution is 2.38. The van der Waals surface area contributed by atoms with Crippen LogP contribution in [-0.2, 0) is 0 Å². The van der Waals surface area contributed by atoms with Crippen LogP contribution < -0.4 is 5.43 Å². The molecule has 1 aromatic rings. The number of aryl methyl sites for hydroxylation is 1. The molecule has 124 valence electrons. The molecule has 1 heterocycles. The summed E-state index contributed by atoms with van der Waals surface area (Å²) in [6.45, 7) is 2.67. The lowest BCUT2D eigenvalue weighted by molar-refractivity contribution is -0.385. The third kappa shape index (κ3) is 2.72. The third-order valence-electron chi connectivity index (χ3n) is 3.32. The summed E-state index contributed by atoms with van der Waals surface area (Å²) in [7, 11) is 0. The van der Waals surface area contributed by atoms with Crippen LogP contribution in [0.5, 0.6) is 0 Å². The number of aliphatic hydroxyl groups is 1. The van der Waals surface area contributed by atoms with Gasteiger partial charge in [0.25, 0.3) is 17.3 Å². The number of hydrazine groups is 1. The standard InChI is InChI=1S/C13H12F3N3O4/c1-7-3-4-9(5-10(7)19(22)23)11(20)18-12(21,13(14,15)16)6-8(2)17-18/h3-6,17,21H,1-2H3. The van der Waals surface area contributed by atoms with E-state index in [1.807, 2.05) is 0 Å². The lowest BCUT2D eigenvalue weighted by atomic mass is 10.1. The zero-order valence-corrected chi connectivity index (χ0v) is 12.0. The number of benzene rings is 1. The summed E-state index contributed by atoms with van der Waals surface area (Å²) < 4.78 is 39.2. The predicted octanol–water partition coefficient (Wildman–Crippen LogP) is 2.02. The molecule has 0 aliphatic carbocycles. The van der Waals surface area contributed by atoms with E-state index in [4.69, 9.17) is 0 Å². The van der Waals surface area contributed by atoms with Gasteiger partial charge in [-0.25, -0.2) is 5.01 Å². The van der Waals surface area contributed by atoms with Crippen LogP contribution in [-0.4, -0.2) is 32.8 Å². The van der Waals surface area contributed by atoms with E-state index in [0.717, 1.165) is 12.1 Å². The van der Waals surface area contributed by atoms with E-state index in [-0.39, 0.29) is 21.8 Å². The fourth-order valence-corrected chi connectivity index (χ4v) is 2.14. The van der Waals surface area contributed by atoms with Crippen LogP contribution in [0.25, 0.3) is 0 Å². The van der Waals surface area contributed by atoms with Gasteiger partial charge in [0.15, 0.2) is 0 Å². The Labute approximate surface area is 128 Å². The Bertz CT molecular complexity index is 717. The molecule has 10 heteroatoms. The summed E-state index contributed by atoms with van der Waals surface area (Å²) in [5.74, 6) is -1.25. The molecule has 0 spiro atoms. The molecule has 2 N–H and O–H groups in total. The van der Waals surface area contributed by atoms with Crippen molar-refractivity contribution in [2.75, 3.05) is 0 Å². The average molecular weight is 331 g/mol. The summed E-state index contributed by atoms with van der Waals surface area (Å²) in [4.78, 5) is 22.4. The molecule has 1 unspecified atom stereocenters. The molecule has 1 aliphatic heterocycles. The first-order valence-electron chi connectivity index (χ1n) is 6.32. The number of rotatable bonds is 2. The number of nitro benzene ring substituents is 1. The highest BCUT2D eigenvalue weighted by molar-refractivity contribution is 5.95. The number of carbonyl (C=O) groups excluding carboxylic acids is 1. The Morgan fingerprint density at radius 2 is 2.00 bits per heavy atom. The number of nitrogens with one attached hydrogen (secondary N) is 1. The molecule has 1 atom stereocenters. The first kappa shape index (κ1) is 16.7. The molecule has 1 amide bonds. The van der Waals surface area contributed by atoms with Crippen LogP contribution in [0.1, 0.15) is 22.8 Å². The first-order chi connectivity index (χ1) is 10.5. The molecule has 1 aliphatic rings. The number of alkyl halides is 3. The molecule has 0 bridgehead atoms.